The summed E-state index contributed by atoms with van der Waals surface area (Å²) in [5.41, 5.74) is 0.591. The Morgan fingerprint density at radius 1 is 1.22 bits per heavy atom. The van der Waals surface area contributed by atoms with Gasteiger partial charge in [0.25, 0.3) is 0 Å². The van der Waals surface area contributed by atoms with Crippen LogP contribution in [0.15, 0.2) is 24.3 Å². The lowest BCUT2D eigenvalue weighted by atomic mass is 10.0. The number of esters is 1. The summed E-state index contributed by atoms with van der Waals surface area (Å²) in [4.78, 5) is 11.6. The number of hydrogen-bond donors (Lipinski definition) is 0. The molecule has 1 unspecified atom stereocenters. The molecule has 0 saturated carbocycles. The van der Waals surface area contributed by atoms with Crippen LogP contribution in [0, 0.1) is 0 Å². The predicted octanol–water partition coefficient (Wildman–Crippen LogP) is 0.996. The number of ether oxygens (including phenoxy) is 2. The Kier molecular flexibility index (Phi) is 4.72. The zero-order chi connectivity index (χ0) is 13.8. The summed E-state index contributed by atoms with van der Waals surface area (Å²) in [5, 5.41) is 0. The van der Waals surface area contributed by atoms with Gasteiger partial charge >= 0.3 is 5.97 Å². The lowest BCUT2D eigenvalue weighted by Gasteiger charge is -2.14. The smallest absolute Gasteiger partial charge is 0.314 e. The molecule has 100 valence electrons. The van der Waals surface area contributed by atoms with E-state index in [0.29, 0.717) is 11.3 Å². The van der Waals surface area contributed by atoms with Gasteiger partial charge in [-0.1, -0.05) is 12.1 Å². The first-order valence-electron chi connectivity index (χ1n) is 5.27. The van der Waals surface area contributed by atoms with Crippen LogP contribution in [0.2, 0.25) is 0 Å². The van der Waals surface area contributed by atoms with Crippen LogP contribution in [-0.2, 0) is 19.4 Å². The van der Waals surface area contributed by atoms with Gasteiger partial charge in [-0.25, -0.2) is 8.42 Å². The first kappa shape index (κ1) is 14.5. The molecule has 5 nitrogen and oxygen atoms in total. The highest BCUT2D eigenvalue weighted by molar-refractivity contribution is 7.90. The Morgan fingerprint density at radius 3 is 2.17 bits per heavy atom. The first-order chi connectivity index (χ1) is 8.37. The number of benzene rings is 1. The van der Waals surface area contributed by atoms with Crippen molar-refractivity contribution >= 4 is 15.8 Å². The van der Waals surface area contributed by atoms with E-state index in [1.165, 1.54) is 14.2 Å². The molecule has 0 radical (unpaired) electrons. The second kappa shape index (κ2) is 5.86. The normalized spacial score (nSPS) is 12.8. The molecule has 0 N–H and O–H groups in total. The topological polar surface area (TPSA) is 69.7 Å². The van der Waals surface area contributed by atoms with E-state index in [1.54, 1.807) is 24.3 Å². The van der Waals surface area contributed by atoms with E-state index < -0.39 is 21.7 Å². The Labute approximate surface area is 107 Å². The van der Waals surface area contributed by atoms with E-state index in [-0.39, 0.29) is 5.75 Å². The molecule has 0 aromatic heterocycles. The minimum absolute atomic E-state index is 0.272. The molecule has 18 heavy (non-hydrogen) atoms. The molecule has 0 spiro atoms. The summed E-state index contributed by atoms with van der Waals surface area (Å²) in [5.74, 6) is -1.00. The van der Waals surface area contributed by atoms with Gasteiger partial charge in [0.05, 0.1) is 25.9 Å². The van der Waals surface area contributed by atoms with E-state index in [2.05, 4.69) is 4.74 Å². The van der Waals surface area contributed by atoms with Crippen molar-refractivity contribution in [3.8, 4) is 5.75 Å². The molecule has 1 atom stereocenters. The molecule has 0 aliphatic rings. The Hall–Kier alpha value is -1.56. The third-order valence-electron chi connectivity index (χ3n) is 2.47. The molecule has 0 amide bonds. The van der Waals surface area contributed by atoms with Crippen molar-refractivity contribution in [1.29, 1.82) is 0 Å². The van der Waals surface area contributed by atoms with Gasteiger partial charge in [-0.3, -0.25) is 4.79 Å². The van der Waals surface area contributed by atoms with E-state index >= 15 is 0 Å². The Balaban J connectivity index is 3.05. The van der Waals surface area contributed by atoms with Gasteiger partial charge in [0.1, 0.15) is 15.6 Å². The molecule has 6 heteroatoms. The van der Waals surface area contributed by atoms with E-state index in [1.807, 2.05) is 0 Å². The van der Waals surface area contributed by atoms with Crippen LogP contribution in [-0.4, -0.2) is 40.6 Å². The number of methoxy groups -OCH3 is 2. The van der Waals surface area contributed by atoms with Gasteiger partial charge in [0, 0.05) is 6.26 Å². The molecular formula is C12H16O5S. The zero-order valence-electron chi connectivity index (χ0n) is 10.5. The number of sulfone groups is 1. The molecule has 0 fully saturated rings. The van der Waals surface area contributed by atoms with E-state index in [4.69, 9.17) is 4.74 Å². The van der Waals surface area contributed by atoms with Gasteiger partial charge < -0.3 is 9.47 Å². The maximum Gasteiger partial charge on any atom is 0.314 e. The second-order valence-corrected chi connectivity index (χ2v) is 6.13. The molecule has 1 aromatic rings. The van der Waals surface area contributed by atoms with Crippen LogP contribution in [0.1, 0.15) is 11.5 Å². The number of carbonyl (C=O) groups is 1. The van der Waals surface area contributed by atoms with Crippen molar-refractivity contribution in [1.82, 2.24) is 0 Å². The van der Waals surface area contributed by atoms with Crippen molar-refractivity contribution in [2.24, 2.45) is 0 Å². The summed E-state index contributed by atoms with van der Waals surface area (Å²) in [7, 11) is -0.506. The van der Waals surface area contributed by atoms with Crippen LogP contribution < -0.4 is 4.74 Å². The molecule has 0 aliphatic carbocycles. The highest BCUT2D eigenvalue weighted by Crippen LogP contribution is 2.22. The predicted molar refractivity (Wildman–Crippen MR) is 67.5 cm³/mol. The maximum atomic E-state index is 11.6. The SMILES string of the molecule is COC(=O)C(CS(C)(=O)=O)c1ccc(OC)cc1. The molecular weight excluding hydrogens is 256 g/mol. The van der Waals surface area contributed by atoms with E-state index in [0.717, 1.165) is 6.26 Å². The Bertz CT molecular complexity index is 504. The lowest BCUT2D eigenvalue weighted by molar-refractivity contribution is -0.141. The van der Waals surface area contributed by atoms with Crippen LogP contribution in [0.25, 0.3) is 0 Å². The number of rotatable bonds is 5. The van der Waals surface area contributed by atoms with Gasteiger partial charge in [0.15, 0.2) is 0 Å². The summed E-state index contributed by atoms with van der Waals surface area (Å²) in [6, 6.07) is 6.66. The van der Waals surface area contributed by atoms with Crippen LogP contribution in [0.3, 0.4) is 0 Å². The van der Waals surface area contributed by atoms with Crippen molar-refractivity contribution in [2.45, 2.75) is 5.92 Å². The quantitative estimate of drug-likeness (QED) is 0.748. The van der Waals surface area contributed by atoms with Gasteiger partial charge in [0.2, 0.25) is 0 Å². The van der Waals surface area contributed by atoms with Crippen molar-refractivity contribution in [2.75, 3.05) is 26.2 Å². The summed E-state index contributed by atoms with van der Waals surface area (Å²) in [6.45, 7) is 0. The van der Waals surface area contributed by atoms with E-state index in [9.17, 15) is 13.2 Å². The molecule has 1 aromatic carbocycles. The van der Waals surface area contributed by atoms with Crippen LogP contribution in [0.4, 0.5) is 0 Å². The number of hydrogen-bond acceptors (Lipinski definition) is 5. The first-order valence-corrected chi connectivity index (χ1v) is 7.33. The monoisotopic (exact) mass is 272 g/mol. The van der Waals surface area contributed by atoms with Crippen molar-refractivity contribution in [3.63, 3.8) is 0 Å². The van der Waals surface area contributed by atoms with Gasteiger partial charge in [-0.05, 0) is 17.7 Å². The van der Waals surface area contributed by atoms with Crippen LogP contribution >= 0.6 is 0 Å². The lowest BCUT2D eigenvalue weighted by Crippen LogP contribution is -2.22. The van der Waals surface area contributed by atoms with Crippen molar-refractivity contribution < 1.29 is 22.7 Å². The Morgan fingerprint density at radius 2 is 1.78 bits per heavy atom. The third kappa shape index (κ3) is 4.03. The second-order valence-electron chi connectivity index (χ2n) is 3.94. The number of carbonyl (C=O) groups excluding carboxylic acids is 1. The molecule has 0 bridgehead atoms. The summed E-state index contributed by atoms with van der Waals surface area (Å²) < 4.78 is 32.3. The summed E-state index contributed by atoms with van der Waals surface area (Å²) >= 11 is 0. The zero-order valence-corrected chi connectivity index (χ0v) is 11.4. The fraction of sp³-hybridized carbons (Fsp3) is 0.417. The minimum Gasteiger partial charge on any atom is -0.497 e. The largest absolute Gasteiger partial charge is 0.497 e. The molecule has 0 heterocycles. The van der Waals surface area contributed by atoms with Crippen LogP contribution in [0.5, 0.6) is 5.75 Å². The molecule has 1 rings (SSSR count). The molecule has 0 aliphatic heterocycles. The fourth-order valence-electron chi connectivity index (χ4n) is 1.58. The fourth-order valence-corrected chi connectivity index (χ4v) is 2.52. The average molecular weight is 272 g/mol. The van der Waals surface area contributed by atoms with Gasteiger partial charge in [-0.2, -0.15) is 0 Å². The molecule has 0 saturated heterocycles. The minimum atomic E-state index is -3.27. The maximum absolute atomic E-state index is 11.6. The average Bonchev–Trinajstić information content (AvgIpc) is 2.34. The van der Waals surface area contributed by atoms with Gasteiger partial charge in [-0.15, -0.1) is 0 Å². The van der Waals surface area contributed by atoms with Crippen molar-refractivity contribution in [3.05, 3.63) is 29.8 Å². The highest BCUT2D eigenvalue weighted by Gasteiger charge is 2.25. The highest BCUT2D eigenvalue weighted by atomic mass is 32.2. The summed E-state index contributed by atoms with van der Waals surface area (Å²) in [6.07, 6.45) is 1.09. The standard InChI is InChI=1S/C12H16O5S/c1-16-10-6-4-9(5-7-10)11(12(13)17-2)8-18(3,14)15/h4-7,11H,8H2,1-3H3. The third-order valence-corrected chi connectivity index (χ3v) is 3.41.